The molecule has 0 unspecified atom stereocenters. The summed E-state index contributed by atoms with van der Waals surface area (Å²) in [4.78, 5) is 4.96. The van der Waals surface area contributed by atoms with Gasteiger partial charge in [0.25, 0.3) is 0 Å². The summed E-state index contributed by atoms with van der Waals surface area (Å²) in [5.41, 5.74) is 10.8. The molecule has 0 amide bonds. The third-order valence-electron chi connectivity index (χ3n) is 4.27. The molecule has 1 fully saturated rings. The van der Waals surface area contributed by atoms with Gasteiger partial charge in [-0.1, -0.05) is 44.4 Å². The van der Waals surface area contributed by atoms with Crippen molar-refractivity contribution in [3.05, 3.63) is 35.5 Å². The summed E-state index contributed by atoms with van der Waals surface area (Å²) >= 11 is 0. The first-order chi connectivity index (χ1) is 9.29. The van der Waals surface area contributed by atoms with Crippen molar-refractivity contribution in [2.75, 3.05) is 5.73 Å². The van der Waals surface area contributed by atoms with Crippen LogP contribution in [-0.4, -0.2) is 4.98 Å². The number of nitrogen functional groups attached to an aromatic ring is 1. The molecule has 100 valence electrons. The molecule has 1 aromatic heterocycles. The minimum atomic E-state index is 0.626. The molecule has 3 rings (SSSR count). The highest BCUT2D eigenvalue weighted by atomic mass is 14.7. The summed E-state index contributed by atoms with van der Waals surface area (Å²) < 4.78 is 0. The van der Waals surface area contributed by atoms with Crippen LogP contribution in [-0.2, 0) is 6.42 Å². The third-order valence-corrected chi connectivity index (χ3v) is 4.27. The zero-order valence-electron chi connectivity index (χ0n) is 11.7. The fraction of sp³-hybridized carbons (Fsp3) is 0.471. The third kappa shape index (κ3) is 2.32. The maximum atomic E-state index is 6.25. The molecule has 2 heteroatoms. The number of rotatable bonds is 3. The Morgan fingerprint density at radius 3 is 2.79 bits per heavy atom. The summed E-state index contributed by atoms with van der Waals surface area (Å²) in [5.74, 6) is 0.626. The number of hydrogen-bond donors (Lipinski definition) is 1. The highest BCUT2D eigenvalue weighted by Gasteiger charge is 2.19. The number of aryl methyl sites for hydroxylation is 1. The van der Waals surface area contributed by atoms with Gasteiger partial charge in [-0.15, -0.1) is 0 Å². The molecular weight excluding hydrogens is 232 g/mol. The lowest BCUT2D eigenvalue weighted by molar-refractivity contribution is 0.701. The zero-order chi connectivity index (χ0) is 13.2. The molecule has 2 nitrogen and oxygen atoms in total. The number of anilines is 1. The molecule has 0 spiro atoms. The second kappa shape index (κ2) is 5.20. The first kappa shape index (κ1) is 12.5. The number of fused-ring (bicyclic) bond motifs is 1. The Morgan fingerprint density at radius 2 is 2.05 bits per heavy atom. The van der Waals surface area contributed by atoms with E-state index in [0.717, 1.165) is 29.4 Å². The summed E-state index contributed by atoms with van der Waals surface area (Å²) in [6, 6.07) is 8.49. The van der Waals surface area contributed by atoms with Gasteiger partial charge in [-0.3, -0.25) is 4.98 Å². The van der Waals surface area contributed by atoms with Crippen molar-refractivity contribution >= 4 is 16.6 Å². The largest absolute Gasteiger partial charge is 0.398 e. The number of hydrogen-bond acceptors (Lipinski definition) is 2. The number of para-hydroxylation sites is 1. The van der Waals surface area contributed by atoms with E-state index >= 15 is 0 Å². The van der Waals surface area contributed by atoms with Crippen LogP contribution in [0, 0.1) is 0 Å². The number of nitrogens with zero attached hydrogens (tertiary/aromatic N) is 1. The number of pyridine rings is 1. The van der Waals surface area contributed by atoms with E-state index in [0.29, 0.717) is 5.92 Å². The Morgan fingerprint density at radius 1 is 1.26 bits per heavy atom. The second-order valence-corrected chi connectivity index (χ2v) is 5.68. The maximum Gasteiger partial charge on any atom is 0.0758 e. The molecule has 0 atom stereocenters. The Labute approximate surface area is 115 Å². The van der Waals surface area contributed by atoms with Gasteiger partial charge in [-0.25, -0.2) is 0 Å². The van der Waals surface area contributed by atoms with Crippen LogP contribution in [0.15, 0.2) is 24.3 Å². The number of aromatic nitrogens is 1. The van der Waals surface area contributed by atoms with Crippen LogP contribution in [0.3, 0.4) is 0 Å². The van der Waals surface area contributed by atoms with Gasteiger partial charge in [-0.05, 0) is 30.9 Å². The molecule has 1 aliphatic carbocycles. The van der Waals surface area contributed by atoms with Crippen LogP contribution in [0.5, 0.6) is 0 Å². The predicted octanol–water partition coefficient (Wildman–Crippen LogP) is 4.43. The van der Waals surface area contributed by atoms with Crippen molar-refractivity contribution in [3.8, 4) is 0 Å². The molecule has 19 heavy (non-hydrogen) atoms. The van der Waals surface area contributed by atoms with Crippen LogP contribution in [0.4, 0.5) is 5.69 Å². The summed E-state index contributed by atoms with van der Waals surface area (Å²) in [7, 11) is 0. The summed E-state index contributed by atoms with van der Waals surface area (Å²) in [6.07, 6.45) is 7.44. The monoisotopic (exact) mass is 254 g/mol. The van der Waals surface area contributed by atoms with Gasteiger partial charge in [0, 0.05) is 22.7 Å². The quantitative estimate of drug-likeness (QED) is 0.880. The van der Waals surface area contributed by atoms with E-state index < -0.39 is 0 Å². The SMILES string of the molecule is CCCc1cccc2c(N)cc(C3CCCC3)nc12. The first-order valence-corrected chi connectivity index (χ1v) is 7.47. The fourth-order valence-corrected chi connectivity index (χ4v) is 3.26. The fourth-order valence-electron chi connectivity index (χ4n) is 3.26. The van der Waals surface area contributed by atoms with E-state index in [9.17, 15) is 0 Å². The van der Waals surface area contributed by atoms with Crippen LogP contribution in [0.1, 0.15) is 56.2 Å². The standard InChI is InChI=1S/C17H22N2/c1-2-6-13-9-5-10-14-15(18)11-16(19-17(13)14)12-7-3-4-8-12/h5,9-12H,2-4,6-8H2,1H3,(H2,18,19). The van der Waals surface area contributed by atoms with E-state index in [1.54, 1.807) is 0 Å². The van der Waals surface area contributed by atoms with Gasteiger partial charge in [0.1, 0.15) is 0 Å². The second-order valence-electron chi connectivity index (χ2n) is 5.68. The van der Waals surface area contributed by atoms with Crippen LogP contribution in [0.25, 0.3) is 10.9 Å². The maximum absolute atomic E-state index is 6.25. The van der Waals surface area contributed by atoms with Crippen molar-refractivity contribution in [2.45, 2.75) is 51.4 Å². The molecule has 0 aliphatic heterocycles. The molecule has 1 heterocycles. The van der Waals surface area contributed by atoms with E-state index in [2.05, 4.69) is 31.2 Å². The topological polar surface area (TPSA) is 38.9 Å². The van der Waals surface area contributed by atoms with Crippen molar-refractivity contribution in [2.24, 2.45) is 0 Å². The smallest absolute Gasteiger partial charge is 0.0758 e. The van der Waals surface area contributed by atoms with Crippen LogP contribution < -0.4 is 5.73 Å². The van der Waals surface area contributed by atoms with Gasteiger partial charge >= 0.3 is 0 Å². The minimum Gasteiger partial charge on any atom is -0.398 e. The van der Waals surface area contributed by atoms with Crippen molar-refractivity contribution in [3.63, 3.8) is 0 Å². The number of nitrogens with two attached hydrogens (primary N) is 1. The lowest BCUT2D eigenvalue weighted by atomic mass is 9.99. The molecule has 1 aromatic carbocycles. The normalized spacial score (nSPS) is 16.3. The average molecular weight is 254 g/mol. The van der Waals surface area contributed by atoms with E-state index in [1.807, 2.05) is 0 Å². The molecule has 1 aliphatic rings. The Hall–Kier alpha value is -1.57. The van der Waals surface area contributed by atoms with Crippen molar-refractivity contribution < 1.29 is 0 Å². The van der Waals surface area contributed by atoms with Gasteiger partial charge in [0.15, 0.2) is 0 Å². The van der Waals surface area contributed by atoms with Crippen molar-refractivity contribution in [1.82, 2.24) is 4.98 Å². The highest BCUT2D eigenvalue weighted by Crippen LogP contribution is 2.35. The molecule has 0 radical (unpaired) electrons. The Bertz CT molecular complexity index is 583. The predicted molar refractivity (Wildman–Crippen MR) is 81.4 cm³/mol. The molecule has 1 saturated carbocycles. The molecular formula is C17H22N2. The Kier molecular flexibility index (Phi) is 3.41. The summed E-state index contributed by atoms with van der Waals surface area (Å²) in [6.45, 7) is 2.21. The molecule has 0 saturated heterocycles. The van der Waals surface area contributed by atoms with Gasteiger partial charge in [0.05, 0.1) is 5.52 Å². The van der Waals surface area contributed by atoms with Crippen LogP contribution in [0.2, 0.25) is 0 Å². The van der Waals surface area contributed by atoms with E-state index in [-0.39, 0.29) is 0 Å². The lowest BCUT2D eigenvalue weighted by Crippen LogP contribution is -2.01. The lowest BCUT2D eigenvalue weighted by Gasteiger charge is -2.13. The first-order valence-electron chi connectivity index (χ1n) is 7.47. The molecule has 0 bridgehead atoms. The van der Waals surface area contributed by atoms with E-state index in [4.69, 9.17) is 10.7 Å². The minimum absolute atomic E-state index is 0.626. The zero-order valence-corrected chi connectivity index (χ0v) is 11.7. The van der Waals surface area contributed by atoms with Gasteiger partial charge in [0.2, 0.25) is 0 Å². The molecule has 2 N–H and O–H groups in total. The molecule has 2 aromatic rings. The van der Waals surface area contributed by atoms with Crippen molar-refractivity contribution in [1.29, 1.82) is 0 Å². The van der Waals surface area contributed by atoms with Crippen LogP contribution >= 0.6 is 0 Å². The average Bonchev–Trinajstić information content (AvgIpc) is 2.94. The Balaban J connectivity index is 2.13. The summed E-state index contributed by atoms with van der Waals surface area (Å²) in [5, 5.41) is 1.12. The van der Waals surface area contributed by atoms with E-state index in [1.165, 1.54) is 36.9 Å². The number of benzene rings is 1. The highest BCUT2D eigenvalue weighted by molar-refractivity contribution is 5.92. The van der Waals surface area contributed by atoms with Gasteiger partial charge in [-0.2, -0.15) is 0 Å². The van der Waals surface area contributed by atoms with Gasteiger partial charge < -0.3 is 5.73 Å².